The van der Waals surface area contributed by atoms with Crippen LogP contribution in [0.25, 0.3) is 5.65 Å². The fourth-order valence-electron chi connectivity index (χ4n) is 3.62. The third kappa shape index (κ3) is 3.40. The van der Waals surface area contributed by atoms with Gasteiger partial charge in [0.15, 0.2) is 11.5 Å². The average molecular weight is 334 g/mol. The van der Waals surface area contributed by atoms with Crippen LogP contribution >= 0.6 is 0 Å². The number of rotatable bonds is 4. The summed E-state index contributed by atoms with van der Waals surface area (Å²) in [4.78, 5) is 12.4. The van der Waals surface area contributed by atoms with Crippen LogP contribution in [0.15, 0.2) is 48.7 Å². The summed E-state index contributed by atoms with van der Waals surface area (Å²) in [5, 5.41) is 11.2. The Labute approximate surface area is 147 Å². The van der Waals surface area contributed by atoms with Crippen LogP contribution in [0.2, 0.25) is 0 Å². The predicted molar refractivity (Wildman–Crippen MR) is 96.4 cm³/mol. The highest BCUT2D eigenvalue weighted by Gasteiger charge is 2.16. The van der Waals surface area contributed by atoms with E-state index in [0.717, 1.165) is 11.5 Å². The Bertz CT molecular complexity index is 863. The van der Waals surface area contributed by atoms with E-state index in [-0.39, 0.29) is 5.91 Å². The third-order valence-corrected chi connectivity index (χ3v) is 5.04. The second-order valence-electron chi connectivity index (χ2n) is 6.68. The number of carbonyl (C=O) groups is 1. The van der Waals surface area contributed by atoms with Gasteiger partial charge in [-0.3, -0.25) is 9.20 Å². The van der Waals surface area contributed by atoms with Crippen LogP contribution in [0.5, 0.6) is 0 Å². The quantitative estimate of drug-likeness (QED) is 0.791. The van der Waals surface area contributed by atoms with Crippen LogP contribution in [0.3, 0.4) is 0 Å². The molecule has 5 nitrogen and oxygen atoms in total. The molecule has 1 amide bonds. The van der Waals surface area contributed by atoms with Gasteiger partial charge in [0.2, 0.25) is 0 Å². The van der Waals surface area contributed by atoms with Crippen molar-refractivity contribution in [1.29, 1.82) is 0 Å². The van der Waals surface area contributed by atoms with Crippen molar-refractivity contribution in [2.45, 2.75) is 44.6 Å². The Balaban J connectivity index is 1.40. The number of benzene rings is 1. The largest absolute Gasteiger partial charge is 0.345 e. The second-order valence-corrected chi connectivity index (χ2v) is 6.68. The molecule has 3 aromatic rings. The standard InChI is InChI=1S/C20H22N4O/c25-20(21-14-19-23-22-18-8-4-5-13-24(18)19)17-11-9-16(10-12-17)15-6-2-1-3-7-15/h4-5,8-13,15H,1-3,6-7,14H2,(H,21,25). The summed E-state index contributed by atoms with van der Waals surface area (Å²) in [6, 6.07) is 13.8. The first-order chi connectivity index (χ1) is 12.3. The van der Waals surface area contributed by atoms with Crippen molar-refractivity contribution in [2.75, 3.05) is 0 Å². The van der Waals surface area contributed by atoms with Gasteiger partial charge in [-0.05, 0) is 48.6 Å². The van der Waals surface area contributed by atoms with E-state index in [4.69, 9.17) is 0 Å². The van der Waals surface area contributed by atoms with Crippen molar-refractivity contribution in [3.8, 4) is 0 Å². The van der Waals surface area contributed by atoms with Crippen LogP contribution < -0.4 is 5.32 Å². The number of nitrogens with one attached hydrogen (secondary N) is 1. The van der Waals surface area contributed by atoms with Gasteiger partial charge in [0.1, 0.15) is 0 Å². The van der Waals surface area contributed by atoms with Crippen molar-refractivity contribution in [1.82, 2.24) is 19.9 Å². The molecular formula is C20H22N4O. The molecule has 0 bridgehead atoms. The lowest BCUT2D eigenvalue weighted by molar-refractivity contribution is 0.0949. The smallest absolute Gasteiger partial charge is 0.251 e. The van der Waals surface area contributed by atoms with E-state index >= 15 is 0 Å². The molecule has 1 N–H and O–H groups in total. The number of pyridine rings is 1. The Morgan fingerprint density at radius 1 is 1.04 bits per heavy atom. The Kier molecular flexibility index (Phi) is 4.46. The lowest BCUT2D eigenvalue weighted by Gasteiger charge is -2.22. The van der Waals surface area contributed by atoms with E-state index in [2.05, 4.69) is 27.6 Å². The fraction of sp³-hybridized carbons (Fsp3) is 0.350. The predicted octanol–water partition coefficient (Wildman–Crippen LogP) is 3.71. The highest BCUT2D eigenvalue weighted by atomic mass is 16.1. The van der Waals surface area contributed by atoms with Gasteiger partial charge in [-0.1, -0.05) is 37.5 Å². The van der Waals surface area contributed by atoms with Gasteiger partial charge in [-0.15, -0.1) is 10.2 Å². The zero-order valence-corrected chi connectivity index (χ0v) is 14.2. The minimum absolute atomic E-state index is 0.0807. The molecule has 0 atom stereocenters. The number of nitrogens with zero attached hydrogens (tertiary/aromatic N) is 3. The van der Waals surface area contributed by atoms with Gasteiger partial charge in [0.05, 0.1) is 6.54 Å². The first-order valence-corrected chi connectivity index (χ1v) is 8.98. The van der Waals surface area contributed by atoms with Gasteiger partial charge in [0.25, 0.3) is 5.91 Å². The van der Waals surface area contributed by atoms with Crippen LogP contribution in [0.1, 0.15) is 59.8 Å². The van der Waals surface area contributed by atoms with Crippen molar-refractivity contribution in [3.63, 3.8) is 0 Å². The van der Waals surface area contributed by atoms with Crippen molar-refractivity contribution < 1.29 is 4.79 Å². The van der Waals surface area contributed by atoms with E-state index in [0.29, 0.717) is 18.0 Å². The summed E-state index contributed by atoms with van der Waals surface area (Å²) in [6.45, 7) is 0.356. The Morgan fingerprint density at radius 3 is 2.64 bits per heavy atom. The molecule has 2 heterocycles. The van der Waals surface area contributed by atoms with Crippen molar-refractivity contribution in [2.24, 2.45) is 0 Å². The minimum Gasteiger partial charge on any atom is -0.345 e. The molecule has 1 saturated carbocycles. The molecule has 1 aliphatic rings. The number of amides is 1. The molecule has 0 radical (unpaired) electrons. The summed E-state index contributed by atoms with van der Waals surface area (Å²) < 4.78 is 1.88. The highest BCUT2D eigenvalue weighted by molar-refractivity contribution is 5.94. The maximum absolute atomic E-state index is 12.4. The number of aromatic nitrogens is 3. The van der Waals surface area contributed by atoms with Gasteiger partial charge < -0.3 is 5.32 Å². The van der Waals surface area contributed by atoms with E-state index in [9.17, 15) is 4.79 Å². The average Bonchev–Trinajstić information content (AvgIpc) is 3.10. The zero-order chi connectivity index (χ0) is 17.1. The first-order valence-electron chi connectivity index (χ1n) is 8.98. The molecule has 128 valence electrons. The summed E-state index contributed by atoms with van der Waals surface area (Å²) in [5.41, 5.74) is 2.83. The maximum Gasteiger partial charge on any atom is 0.251 e. The van der Waals surface area contributed by atoms with Crippen molar-refractivity contribution >= 4 is 11.6 Å². The molecular weight excluding hydrogens is 312 g/mol. The second kappa shape index (κ2) is 7.05. The molecule has 5 heteroatoms. The lowest BCUT2D eigenvalue weighted by atomic mass is 9.84. The summed E-state index contributed by atoms with van der Waals surface area (Å²) in [6.07, 6.45) is 8.43. The molecule has 0 aliphatic heterocycles. The Hall–Kier alpha value is -2.69. The van der Waals surface area contributed by atoms with E-state index in [1.807, 2.05) is 40.9 Å². The van der Waals surface area contributed by atoms with Crippen LogP contribution in [0.4, 0.5) is 0 Å². The molecule has 1 aromatic carbocycles. The van der Waals surface area contributed by atoms with Gasteiger partial charge >= 0.3 is 0 Å². The third-order valence-electron chi connectivity index (χ3n) is 5.04. The molecule has 25 heavy (non-hydrogen) atoms. The van der Waals surface area contributed by atoms with Crippen LogP contribution in [-0.4, -0.2) is 20.5 Å². The maximum atomic E-state index is 12.4. The van der Waals surface area contributed by atoms with Gasteiger partial charge in [0, 0.05) is 11.8 Å². The molecule has 0 saturated heterocycles. The SMILES string of the molecule is O=C(NCc1nnc2ccccn12)c1ccc(C2CCCCC2)cc1. The zero-order valence-electron chi connectivity index (χ0n) is 14.2. The van der Waals surface area contributed by atoms with Crippen molar-refractivity contribution in [3.05, 3.63) is 65.6 Å². The molecule has 1 fully saturated rings. The van der Waals surface area contributed by atoms with Crippen LogP contribution in [-0.2, 0) is 6.54 Å². The minimum atomic E-state index is -0.0807. The monoisotopic (exact) mass is 334 g/mol. The molecule has 0 spiro atoms. The lowest BCUT2D eigenvalue weighted by Crippen LogP contribution is -2.24. The summed E-state index contributed by atoms with van der Waals surface area (Å²) in [7, 11) is 0. The van der Waals surface area contributed by atoms with E-state index < -0.39 is 0 Å². The molecule has 1 aliphatic carbocycles. The molecule has 0 unspecified atom stereocenters. The number of fused-ring (bicyclic) bond motifs is 1. The van der Waals surface area contributed by atoms with Crippen LogP contribution in [0, 0.1) is 0 Å². The highest BCUT2D eigenvalue weighted by Crippen LogP contribution is 2.32. The first kappa shape index (κ1) is 15.8. The van der Waals surface area contributed by atoms with E-state index in [1.54, 1.807) is 0 Å². The Morgan fingerprint density at radius 2 is 1.84 bits per heavy atom. The molecule has 2 aromatic heterocycles. The van der Waals surface area contributed by atoms with Gasteiger partial charge in [-0.25, -0.2) is 0 Å². The topological polar surface area (TPSA) is 59.3 Å². The number of hydrogen-bond donors (Lipinski definition) is 1. The normalized spacial score (nSPS) is 15.4. The fourth-order valence-corrected chi connectivity index (χ4v) is 3.62. The summed E-state index contributed by atoms with van der Waals surface area (Å²) >= 11 is 0. The van der Waals surface area contributed by atoms with Gasteiger partial charge in [-0.2, -0.15) is 0 Å². The van der Waals surface area contributed by atoms with E-state index in [1.165, 1.54) is 37.7 Å². The molecule has 4 rings (SSSR count). The summed E-state index contributed by atoms with van der Waals surface area (Å²) in [5.74, 6) is 1.30. The number of carbonyl (C=O) groups excluding carboxylic acids is 1. The number of hydrogen-bond acceptors (Lipinski definition) is 3.